The molecule has 0 radical (unpaired) electrons. The van der Waals surface area contributed by atoms with Gasteiger partial charge in [0.2, 0.25) is 0 Å². The maximum atomic E-state index is 6.47. The summed E-state index contributed by atoms with van der Waals surface area (Å²) < 4.78 is 2.01. The van der Waals surface area contributed by atoms with Crippen molar-refractivity contribution in [2.24, 2.45) is 0 Å². The highest BCUT2D eigenvalue weighted by molar-refractivity contribution is 6.31. The van der Waals surface area contributed by atoms with E-state index in [1.165, 1.54) is 5.56 Å². The van der Waals surface area contributed by atoms with Crippen molar-refractivity contribution < 1.29 is 0 Å². The summed E-state index contributed by atoms with van der Waals surface area (Å²) in [4.78, 5) is 4.07. The van der Waals surface area contributed by atoms with E-state index >= 15 is 0 Å². The highest BCUT2D eigenvalue weighted by atomic mass is 35.5. The van der Waals surface area contributed by atoms with Crippen LogP contribution in [0.3, 0.4) is 0 Å². The van der Waals surface area contributed by atoms with E-state index in [9.17, 15) is 0 Å². The molecule has 108 valence electrons. The third-order valence-corrected chi connectivity index (χ3v) is 3.98. The molecule has 2 aromatic heterocycles. The zero-order valence-corrected chi connectivity index (χ0v) is 13.0. The second-order valence-electron chi connectivity index (χ2n) is 4.70. The Morgan fingerprint density at radius 1 is 1.30 bits per heavy atom. The maximum Gasteiger partial charge on any atom is 0.0850 e. The minimum Gasteiger partial charge on any atom is -0.313 e. The second-order valence-corrected chi connectivity index (χ2v) is 5.08. The van der Waals surface area contributed by atoms with Crippen molar-refractivity contribution in [2.75, 3.05) is 7.05 Å². The number of aryl methyl sites for hydroxylation is 2. The van der Waals surface area contributed by atoms with Gasteiger partial charge < -0.3 is 5.32 Å². The molecule has 0 aliphatic carbocycles. The van der Waals surface area contributed by atoms with Gasteiger partial charge in [-0.05, 0) is 38.1 Å². The lowest BCUT2D eigenvalue weighted by atomic mass is 10.0. The number of likely N-dealkylation sites (N-methyl/N-ethyl adjacent to an activating group) is 1. The zero-order valence-electron chi connectivity index (χ0n) is 12.2. The SMILES string of the molecule is CCc1nn(CC)c(CC(NC)c2ccncc2)c1Cl. The molecule has 0 aliphatic heterocycles. The molecule has 5 heteroatoms. The molecule has 0 spiro atoms. The van der Waals surface area contributed by atoms with Crippen LogP contribution in [0.4, 0.5) is 0 Å². The van der Waals surface area contributed by atoms with Crippen LogP contribution in [-0.4, -0.2) is 21.8 Å². The Hall–Kier alpha value is -1.39. The van der Waals surface area contributed by atoms with Crippen molar-refractivity contribution in [1.82, 2.24) is 20.1 Å². The molecule has 1 atom stereocenters. The fraction of sp³-hybridized carbons (Fsp3) is 0.467. The van der Waals surface area contributed by atoms with Crippen molar-refractivity contribution in [1.29, 1.82) is 0 Å². The molecule has 0 saturated heterocycles. The van der Waals surface area contributed by atoms with Crippen molar-refractivity contribution in [3.63, 3.8) is 0 Å². The van der Waals surface area contributed by atoms with Gasteiger partial charge in [0.15, 0.2) is 0 Å². The number of aromatic nitrogens is 3. The van der Waals surface area contributed by atoms with Crippen LogP contribution in [-0.2, 0) is 19.4 Å². The minimum absolute atomic E-state index is 0.210. The number of nitrogens with one attached hydrogen (secondary N) is 1. The summed E-state index contributed by atoms with van der Waals surface area (Å²) in [5, 5.41) is 8.73. The lowest BCUT2D eigenvalue weighted by Gasteiger charge is -2.17. The number of hydrogen-bond acceptors (Lipinski definition) is 3. The van der Waals surface area contributed by atoms with Crippen LogP contribution in [0, 0.1) is 0 Å². The van der Waals surface area contributed by atoms with E-state index in [0.29, 0.717) is 0 Å². The summed E-state index contributed by atoms with van der Waals surface area (Å²) in [7, 11) is 1.96. The Bertz CT molecular complexity index is 551. The first-order chi connectivity index (χ1) is 9.71. The van der Waals surface area contributed by atoms with Crippen LogP contribution in [0.25, 0.3) is 0 Å². The van der Waals surface area contributed by atoms with Gasteiger partial charge in [-0.1, -0.05) is 18.5 Å². The summed E-state index contributed by atoms with van der Waals surface area (Å²) in [6.45, 7) is 5.01. The molecular weight excluding hydrogens is 272 g/mol. The molecule has 4 nitrogen and oxygen atoms in total. The lowest BCUT2D eigenvalue weighted by Crippen LogP contribution is -2.20. The third kappa shape index (κ3) is 3.02. The fourth-order valence-electron chi connectivity index (χ4n) is 2.39. The van der Waals surface area contributed by atoms with Crippen molar-refractivity contribution in [3.05, 3.63) is 46.5 Å². The summed E-state index contributed by atoms with van der Waals surface area (Å²) in [6, 6.07) is 4.27. The highest BCUT2D eigenvalue weighted by Crippen LogP contribution is 2.26. The Kier molecular flexibility index (Phi) is 5.15. The standard InChI is InChI=1S/C15H21ClN4/c1-4-12-15(16)14(20(5-2)19-12)10-13(17-3)11-6-8-18-9-7-11/h6-9,13,17H,4-5,10H2,1-3H3. The summed E-state index contributed by atoms with van der Waals surface area (Å²) in [5.74, 6) is 0. The van der Waals surface area contributed by atoms with E-state index < -0.39 is 0 Å². The van der Waals surface area contributed by atoms with Crippen LogP contribution in [0.5, 0.6) is 0 Å². The molecule has 2 aromatic rings. The average molecular weight is 293 g/mol. The van der Waals surface area contributed by atoms with Crippen LogP contribution in [0.2, 0.25) is 5.02 Å². The predicted molar refractivity (Wildman–Crippen MR) is 82.0 cm³/mol. The van der Waals surface area contributed by atoms with Gasteiger partial charge in [-0.2, -0.15) is 5.10 Å². The van der Waals surface area contributed by atoms with Crippen LogP contribution >= 0.6 is 11.6 Å². The highest BCUT2D eigenvalue weighted by Gasteiger charge is 2.19. The molecule has 0 aliphatic rings. The molecule has 2 rings (SSSR count). The van der Waals surface area contributed by atoms with Gasteiger partial charge in [0.05, 0.1) is 16.4 Å². The van der Waals surface area contributed by atoms with Crippen molar-refractivity contribution in [2.45, 2.75) is 39.3 Å². The van der Waals surface area contributed by atoms with Gasteiger partial charge in [-0.3, -0.25) is 9.67 Å². The Morgan fingerprint density at radius 2 is 2.00 bits per heavy atom. The minimum atomic E-state index is 0.210. The van der Waals surface area contributed by atoms with Gasteiger partial charge >= 0.3 is 0 Å². The first-order valence-corrected chi connectivity index (χ1v) is 7.40. The fourth-order valence-corrected chi connectivity index (χ4v) is 2.73. The number of rotatable bonds is 6. The van der Waals surface area contributed by atoms with E-state index in [1.807, 2.05) is 36.3 Å². The smallest absolute Gasteiger partial charge is 0.0850 e. The molecule has 0 saturated carbocycles. The van der Waals surface area contributed by atoms with Crippen LogP contribution in [0.15, 0.2) is 24.5 Å². The summed E-state index contributed by atoms with van der Waals surface area (Å²) in [5.41, 5.74) is 3.29. The average Bonchev–Trinajstić information content (AvgIpc) is 2.81. The molecule has 0 fully saturated rings. The lowest BCUT2D eigenvalue weighted by molar-refractivity contribution is 0.540. The monoisotopic (exact) mass is 292 g/mol. The second kappa shape index (κ2) is 6.86. The van der Waals surface area contributed by atoms with E-state index in [4.69, 9.17) is 11.6 Å². The number of halogens is 1. The summed E-state index contributed by atoms with van der Waals surface area (Å²) >= 11 is 6.47. The van der Waals surface area contributed by atoms with Crippen LogP contribution < -0.4 is 5.32 Å². The molecule has 1 N–H and O–H groups in total. The molecule has 0 aromatic carbocycles. The molecule has 0 bridgehead atoms. The third-order valence-electron chi connectivity index (χ3n) is 3.55. The van der Waals surface area contributed by atoms with Gasteiger partial charge in [-0.25, -0.2) is 0 Å². The van der Waals surface area contributed by atoms with Gasteiger partial charge in [0.1, 0.15) is 0 Å². The molecular formula is C15H21ClN4. The Labute approximate surface area is 125 Å². The van der Waals surface area contributed by atoms with Gasteiger partial charge in [0, 0.05) is 31.4 Å². The van der Waals surface area contributed by atoms with E-state index in [1.54, 1.807) is 0 Å². The molecule has 2 heterocycles. The Morgan fingerprint density at radius 3 is 2.55 bits per heavy atom. The number of pyridine rings is 1. The van der Waals surface area contributed by atoms with E-state index in [0.717, 1.165) is 35.8 Å². The number of hydrogen-bond donors (Lipinski definition) is 1. The molecule has 0 amide bonds. The van der Waals surface area contributed by atoms with E-state index in [-0.39, 0.29) is 6.04 Å². The zero-order chi connectivity index (χ0) is 14.5. The summed E-state index contributed by atoms with van der Waals surface area (Å²) in [6.07, 6.45) is 5.31. The Balaban J connectivity index is 2.30. The van der Waals surface area contributed by atoms with E-state index in [2.05, 4.69) is 29.2 Å². The number of nitrogens with zero attached hydrogens (tertiary/aromatic N) is 3. The normalized spacial score (nSPS) is 12.6. The topological polar surface area (TPSA) is 42.7 Å². The van der Waals surface area contributed by atoms with Gasteiger partial charge in [-0.15, -0.1) is 0 Å². The predicted octanol–water partition coefficient (Wildman–Crippen LogP) is 3.02. The van der Waals surface area contributed by atoms with Gasteiger partial charge in [0.25, 0.3) is 0 Å². The first-order valence-electron chi connectivity index (χ1n) is 7.02. The molecule has 20 heavy (non-hydrogen) atoms. The molecule has 1 unspecified atom stereocenters. The quantitative estimate of drug-likeness (QED) is 0.890. The first kappa shape index (κ1) is 15.0. The van der Waals surface area contributed by atoms with Crippen molar-refractivity contribution in [3.8, 4) is 0 Å². The maximum absolute atomic E-state index is 6.47. The van der Waals surface area contributed by atoms with Crippen molar-refractivity contribution >= 4 is 11.6 Å². The van der Waals surface area contributed by atoms with Crippen LogP contribution in [0.1, 0.15) is 36.8 Å². The largest absolute Gasteiger partial charge is 0.313 e.